The fraction of sp³-hybridized carbons (Fsp3) is 0.600. The zero-order valence-corrected chi connectivity index (χ0v) is 12.0. The van der Waals surface area contributed by atoms with Crippen molar-refractivity contribution in [2.45, 2.75) is 45.8 Å². The second-order valence-electron chi connectivity index (χ2n) is 5.01. The van der Waals surface area contributed by atoms with Gasteiger partial charge < -0.3 is 5.32 Å². The molecule has 102 valence electrons. The van der Waals surface area contributed by atoms with Crippen LogP contribution in [0.25, 0.3) is 0 Å². The van der Waals surface area contributed by atoms with Crippen molar-refractivity contribution in [2.24, 2.45) is 0 Å². The highest BCUT2D eigenvalue weighted by Crippen LogP contribution is 2.15. The van der Waals surface area contributed by atoms with E-state index in [9.17, 15) is 4.39 Å². The summed E-state index contributed by atoms with van der Waals surface area (Å²) >= 11 is 0. The number of hydrogen-bond acceptors (Lipinski definition) is 2. The van der Waals surface area contributed by atoms with Crippen molar-refractivity contribution in [3.63, 3.8) is 0 Å². The largest absolute Gasteiger partial charge is 0.316 e. The Kier molecular flexibility index (Phi) is 6.30. The monoisotopic (exact) mass is 252 g/mol. The highest BCUT2D eigenvalue weighted by Gasteiger charge is 2.11. The minimum absolute atomic E-state index is 0.106. The van der Waals surface area contributed by atoms with Crippen molar-refractivity contribution < 1.29 is 4.39 Å². The Bertz CT molecular complexity index is 366. The van der Waals surface area contributed by atoms with Gasteiger partial charge in [0.2, 0.25) is 0 Å². The zero-order valence-electron chi connectivity index (χ0n) is 12.0. The van der Waals surface area contributed by atoms with E-state index in [0.717, 1.165) is 30.5 Å². The summed E-state index contributed by atoms with van der Waals surface area (Å²) in [6.45, 7) is 5.82. The maximum Gasteiger partial charge on any atom is 0.127 e. The van der Waals surface area contributed by atoms with Crippen LogP contribution in [-0.2, 0) is 13.1 Å². The van der Waals surface area contributed by atoms with Crippen LogP contribution in [0.5, 0.6) is 0 Å². The summed E-state index contributed by atoms with van der Waals surface area (Å²) < 4.78 is 13.8. The molecule has 0 saturated heterocycles. The van der Waals surface area contributed by atoms with Gasteiger partial charge in [0.15, 0.2) is 0 Å². The Labute approximate surface area is 110 Å². The van der Waals surface area contributed by atoms with Gasteiger partial charge in [0, 0.05) is 24.7 Å². The molecule has 1 atom stereocenters. The molecule has 1 rings (SSSR count). The van der Waals surface area contributed by atoms with E-state index < -0.39 is 0 Å². The Morgan fingerprint density at radius 3 is 2.72 bits per heavy atom. The van der Waals surface area contributed by atoms with E-state index in [0.29, 0.717) is 12.6 Å². The molecule has 1 unspecified atom stereocenters. The highest BCUT2D eigenvalue weighted by atomic mass is 19.1. The van der Waals surface area contributed by atoms with E-state index >= 15 is 0 Å². The molecule has 0 heterocycles. The Balaban J connectivity index is 2.73. The average Bonchev–Trinajstić information content (AvgIpc) is 2.34. The third-order valence-electron chi connectivity index (χ3n) is 3.37. The summed E-state index contributed by atoms with van der Waals surface area (Å²) in [5.41, 5.74) is 1.92. The lowest BCUT2D eigenvalue weighted by Crippen LogP contribution is -2.28. The molecule has 18 heavy (non-hydrogen) atoms. The van der Waals surface area contributed by atoms with E-state index in [-0.39, 0.29) is 5.82 Å². The van der Waals surface area contributed by atoms with Crippen LogP contribution in [0.2, 0.25) is 0 Å². The predicted octanol–water partition coefficient (Wildman–Crippen LogP) is 3.17. The molecule has 1 aromatic carbocycles. The van der Waals surface area contributed by atoms with Crippen molar-refractivity contribution in [1.82, 2.24) is 10.2 Å². The third-order valence-corrected chi connectivity index (χ3v) is 3.37. The predicted molar refractivity (Wildman–Crippen MR) is 75.0 cm³/mol. The molecule has 3 heteroatoms. The van der Waals surface area contributed by atoms with Crippen molar-refractivity contribution in [2.75, 3.05) is 14.1 Å². The number of benzene rings is 1. The average molecular weight is 252 g/mol. The van der Waals surface area contributed by atoms with Crippen molar-refractivity contribution >= 4 is 0 Å². The minimum Gasteiger partial charge on any atom is -0.316 e. The lowest BCUT2D eigenvalue weighted by atomic mass is 10.1. The molecular weight excluding hydrogens is 227 g/mol. The molecule has 0 fully saturated rings. The second-order valence-corrected chi connectivity index (χ2v) is 5.01. The van der Waals surface area contributed by atoms with Gasteiger partial charge in [-0.1, -0.05) is 25.5 Å². The summed E-state index contributed by atoms with van der Waals surface area (Å²) in [5, 5.41) is 3.09. The smallest absolute Gasteiger partial charge is 0.127 e. The summed E-state index contributed by atoms with van der Waals surface area (Å²) in [7, 11) is 3.96. The standard InChI is InChI=1S/C15H25FN2/c1-5-6-12(2)18(4)11-14-9-13(10-17-3)7-8-15(14)16/h7-9,12,17H,5-6,10-11H2,1-4H3. The topological polar surface area (TPSA) is 15.3 Å². The van der Waals surface area contributed by atoms with Gasteiger partial charge in [0.05, 0.1) is 0 Å². The molecule has 0 bridgehead atoms. The van der Waals surface area contributed by atoms with Crippen molar-refractivity contribution in [3.05, 3.63) is 35.1 Å². The molecule has 0 aliphatic rings. The Hall–Kier alpha value is -0.930. The SMILES string of the molecule is CCCC(C)N(C)Cc1cc(CNC)ccc1F. The Morgan fingerprint density at radius 1 is 1.39 bits per heavy atom. The first-order chi connectivity index (χ1) is 8.58. The number of hydrogen-bond donors (Lipinski definition) is 1. The lowest BCUT2D eigenvalue weighted by Gasteiger charge is -2.24. The number of rotatable bonds is 7. The van der Waals surface area contributed by atoms with Gasteiger partial charge in [-0.25, -0.2) is 4.39 Å². The molecule has 0 aliphatic carbocycles. The van der Waals surface area contributed by atoms with Crippen LogP contribution >= 0.6 is 0 Å². The van der Waals surface area contributed by atoms with Crippen molar-refractivity contribution in [3.8, 4) is 0 Å². The summed E-state index contributed by atoms with van der Waals surface area (Å²) in [6, 6.07) is 5.86. The van der Waals surface area contributed by atoms with E-state index in [2.05, 4.69) is 31.1 Å². The van der Waals surface area contributed by atoms with Crippen LogP contribution in [0.3, 0.4) is 0 Å². The number of nitrogens with zero attached hydrogens (tertiary/aromatic N) is 1. The molecule has 2 nitrogen and oxygen atoms in total. The zero-order chi connectivity index (χ0) is 13.5. The fourth-order valence-corrected chi connectivity index (χ4v) is 2.13. The summed E-state index contributed by atoms with van der Waals surface area (Å²) in [6.07, 6.45) is 2.31. The highest BCUT2D eigenvalue weighted by molar-refractivity contribution is 5.25. The second kappa shape index (κ2) is 7.49. The fourth-order valence-electron chi connectivity index (χ4n) is 2.13. The van der Waals surface area contributed by atoms with Gasteiger partial charge in [0.25, 0.3) is 0 Å². The van der Waals surface area contributed by atoms with Gasteiger partial charge in [-0.05, 0) is 39.1 Å². The lowest BCUT2D eigenvalue weighted by molar-refractivity contribution is 0.234. The van der Waals surface area contributed by atoms with Crippen LogP contribution in [0.4, 0.5) is 4.39 Å². The minimum atomic E-state index is -0.106. The first kappa shape index (κ1) is 15.1. The maximum atomic E-state index is 13.8. The third kappa shape index (κ3) is 4.39. The molecule has 0 aliphatic heterocycles. The molecule has 0 spiro atoms. The van der Waals surface area contributed by atoms with Gasteiger partial charge >= 0.3 is 0 Å². The molecular formula is C15H25FN2. The summed E-state index contributed by atoms with van der Waals surface area (Å²) in [5.74, 6) is -0.106. The van der Waals surface area contributed by atoms with Gasteiger partial charge in [0.1, 0.15) is 5.82 Å². The summed E-state index contributed by atoms with van der Waals surface area (Å²) in [4.78, 5) is 2.21. The van der Waals surface area contributed by atoms with E-state index in [1.54, 1.807) is 6.07 Å². The molecule has 0 amide bonds. The normalized spacial score (nSPS) is 13.0. The number of nitrogens with one attached hydrogen (secondary N) is 1. The van der Waals surface area contributed by atoms with E-state index in [1.807, 2.05) is 19.2 Å². The van der Waals surface area contributed by atoms with E-state index in [4.69, 9.17) is 0 Å². The maximum absolute atomic E-state index is 13.8. The van der Waals surface area contributed by atoms with Crippen molar-refractivity contribution in [1.29, 1.82) is 0 Å². The first-order valence-electron chi connectivity index (χ1n) is 6.70. The first-order valence-corrected chi connectivity index (χ1v) is 6.70. The van der Waals surface area contributed by atoms with Crippen LogP contribution in [0.1, 0.15) is 37.8 Å². The number of halogens is 1. The van der Waals surface area contributed by atoms with Crippen LogP contribution in [0, 0.1) is 5.82 Å². The van der Waals surface area contributed by atoms with Crippen LogP contribution in [0.15, 0.2) is 18.2 Å². The molecule has 0 radical (unpaired) electrons. The Morgan fingerprint density at radius 2 is 2.11 bits per heavy atom. The molecule has 0 aromatic heterocycles. The van der Waals surface area contributed by atoms with Crippen LogP contribution in [-0.4, -0.2) is 25.0 Å². The van der Waals surface area contributed by atoms with Crippen LogP contribution < -0.4 is 5.32 Å². The quantitative estimate of drug-likeness (QED) is 0.802. The van der Waals surface area contributed by atoms with Gasteiger partial charge in [-0.15, -0.1) is 0 Å². The molecule has 1 N–H and O–H groups in total. The van der Waals surface area contributed by atoms with E-state index in [1.165, 1.54) is 0 Å². The molecule has 0 saturated carbocycles. The van der Waals surface area contributed by atoms with Gasteiger partial charge in [-0.3, -0.25) is 4.90 Å². The molecule has 1 aromatic rings. The van der Waals surface area contributed by atoms with Gasteiger partial charge in [-0.2, -0.15) is 0 Å².